The lowest BCUT2D eigenvalue weighted by atomic mass is 9.66. The Bertz CT molecular complexity index is 3420. The zero-order valence-corrected chi connectivity index (χ0v) is 30.0. The highest BCUT2D eigenvalue weighted by molar-refractivity contribution is 6.23. The monoisotopic (exact) mass is 714 g/mol. The van der Waals surface area contributed by atoms with Crippen LogP contribution >= 0.6 is 0 Å². The van der Waals surface area contributed by atoms with Gasteiger partial charge in [-0.1, -0.05) is 133 Å². The summed E-state index contributed by atoms with van der Waals surface area (Å²) in [4.78, 5) is 0. The van der Waals surface area contributed by atoms with Gasteiger partial charge in [-0.15, -0.1) is 0 Å². The van der Waals surface area contributed by atoms with Crippen LogP contribution in [0.15, 0.2) is 191 Å². The molecule has 1 aliphatic heterocycles. The van der Waals surface area contributed by atoms with Crippen molar-refractivity contribution in [2.75, 3.05) is 0 Å². The van der Waals surface area contributed by atoms with Crippen molar-refractivity contribution in [3.63, 3.8) is 0 Å². The van der Waals surface area contributed by atoms with Crippen molar-refractivity contribution in [1.82, 2.24) is 0 Å². The summed E-state index contributed by atoms with van der Waals surface area (Å²) in [6.45, 7) is 0. The van der Waals surface area contributed by atoms with Crippen LogP contribution in [-0.4, -0.2) is 0 Å². The van der Waals surface area contributed by atoms with Crippen LogP contribution in [0.2, 0.25) is 0 Å². The molecule has 56 heavy (non-hydrogen) atoms. The molecule has 3 nitrogen and oxygen atoms in total. The minimum absolute atomic E-state index is 0.476. The van der Waals surface area contributed by atoms with Gasteiger partial charge in [-0.05, 0) is 104 Å². The van der Waals surface area contributed by atoms with Gasteiger partial charge >= 0.3 is 0 Å². The summed E-state index contributed by atoms with van der Waals surface area (Å²) in [6.07, 6.45) is 0. The number of ether oxygens (including phenoxy) is 1. The summed E-state index contributed by atoms with van der Waals surface area (Å²) in [5.41, 5.74) is 14.8. The molecule has 0 saturated carbocycles. The fourth-order valence-electron chi connectivity index (χ4n) is 9.99. The van der Waals surface area contributed by atoms with Crippen LogP contribution < -0.4 is 4.74 Å². The van der Waals surface area contributed by atoms with Crippen LogP contribution in [0.4, 0.5) is 0 Å². The Labute approximate surface area is 321 Å². The number of rotatable bonds is 2. The van der Waals surface area contributed by atoms with E-state index >= 15 is 0 Å². The van der Waals surface area contributed by atoms with Crippen LogP contribution in [0.3, 0.4) is 0 Å². The van der Waals surface area contributed by atoms with Gasteiger partial charge in [0.15, 0.2) is 0 Å². The number of fused-ring (bicyclic) bond motifs is 17. The highest BCUT2D eigenvalue weighted by Crippen LogP contribution is 2.62. The van der Waals surface area contributed by atoms with Gasteiger partial charge in [-0.2, -0.15) is 0 Å². The smallest absolute Gasteiger partial charge is 0.136 e. The first-order valence-corrected chi connectivity index (χ1v) is 19.2. The molecule has 9 aromatic carbocycles. The quantitative estimate of drug-likeness (QED) is 0.179. The van der Waals surface area contributed by atoms with E-state index in [2.05, 4.69) is 182 Å². The summed E-state index contributed by atoms with van der Waals surface area (Å²) >= 11 is 0. The molecular weight excluding hydrogens is 685 g/mol. The standard InChI is InChI=1S/C53H30O3/c1-2-11-35-31(10-1)23-27-47-51(35)52-36(14-9-19-46(52)55-47)34-21-25-40-39-24-20-32(28-48(39)56-49(40)30-34)33-22-26-44-50(29-33)54-45-18-8-7-17-43(45)53(44)41-15-5-3-12-37(41)38-13-4-6-16-42(38)53/h1-30H. The topological polar surface area (TPSA) is 35.5 Å². The van der Waals surface area contributed by atoms with Crippen molar-refractivity contribution < 1.29 is 13.6 Å². The normalized spacial score (nSPS) is 13.6. The predicted molar refractivity (Wildman–Crippen MR) is 227 cm³/mol. The van der Waals surface area contributed by atoms with Crippen LogP contribution in [0.1, 0.15) is 22.3 Å². The van der Waals surface area contributed by atoms with E-state index in [1.165, 1.54) is 38.6 Å². The SMILES string of the molecule is c1ccc2c(c1)Oc1cc(-c3ccc4c(c3)oc3cc(-c5cccc6oc7ccc8ccccc8c7c56)ccc34)ccc1C21c2ccccc2-c2ccccc21. The number of hydrogen-bond acceptors (Lipinski definition) is 3. The Hall–Kier alpha value is -7.36. The average Bonchev–Trinajstić information content (AvgIpc) is 3.92. The average molecular weight is 715 g/mol. The fraction of sp³-hybridized carbons (Fsp3) is 0.0189. The van der Waals surface area contributed by atoms with Crippen molar-refractivity contribution in [2.45, 2.75) is 5.41 Å². The Kier molecular flexibility index (Phi) is 5.83. The van der Waals surface area contributed by atoms with E-state index in [0.717, 1.165) is 83.2 Å². The molecule has 2 aromatic heterocycles. The molecule has 0 unspecified atom stereocenters. The number of furan rings is 2. The predicted octanol–water partition coefficient (Wildman–Crippen LogP) is 14.4. The molecule has 0 fully saturated rings. The summed E-state index contributed by atoms with van der Waals surface area (Å²) in [5.74, 6) is 1.76. The van der Waals surface area contributed by atoms with E-state index in [1.54, 1.807) is 0 Å². The maximum Gasteiger partial charge on any atom is 0.136 e. The minimum atomic E-state index is -0.476. The zero-order chi connectivity index (χ0) is 36.5. The summed E-state index contributed by atoms with van der Waals surface area (Å²) in [6, 6.07) is 65.1. The van der Waals surface area contributed by atoms with Gasteiger partial charge in [-0.25, -0.2) is 0 Å². The lowest BCUT2D eigenvalue weighted by Crippen LogP contribution is -2.32. The lowest BCUT2D eigenvalue weighted by molar-refractivity contribution is 0.436. The fourth-order valence-corrected chi connectivity index (χ4v) is 9.99. The zero-order valence-electron chi connectivity index (χ0n) is 30.0. The second kappa shape index (κ2) is 10.9. The first-order chi connectivity index (χ1) is 27.7. The van der Waals surface area contributed by atoms with E-state index < -0.39 is 5.41 Å². The lowest BCUT2D eigenvalue weighted by Gasteiger charge is -2.39. The molecule has 13 rings (SSSR count). The summed E-state index contributed by atoms with van der Waals surface area (Å²) in [7, 11) is 0. The molecule has 2 aliphatic rings. The maximum atomic E-state index is 6.79. The van der Waals surface area contributed by atoms with E-state index in [4.69, 9.17) is 13.6 Å². The third-order valence-electron chi connectivity index (χ3n) is 12.4. The van der Waals surface area contributed by atoms with E-state index in [0.29, 0.717) is 0 Å². The van der Waals surface area contributed by atoms with Gasteiger partial charge in [0.2, 0.25) is 0 Å². The second-order valence-electron chi connectivity index (χ2n) is 15.1. The molecule has 0 N–H and O–H groups in total. The number of hydrogen-bond donors (Lipinski definition) is 0. The molecule has 3 heteroatoms. The second-order valence-corrected chi connectivity index (χ2v) is 15.1. The molecule has 0 saturated heterocycles. The molecule has 1 spiro atoms. The van der Waals surface area contributed by atoms with Gasteiger partial charge in [0.05, 0.1) is 5.41 Å². The van der Waals surface area contributed by atoms with Gasteiger partial charge in [0.1, 0.15) is 33.8 Å². The first-order valence-electron chi connectivity index (χ1n) is 19.2. The molecular formula is C53H30O3. The Morgan fingerprint density at radius 3 is 1.73 bits per heavy atom. The Morgan fingerprint density at radius 1 is 0.321 bits per heavy atom. The molecule has 1 aliphatic carbocycles. The number of benzene rings is 9. The van der Waals surface area contributed by atoms with Crippen LogP contribution in [0.5, 0.6) is 11.5 Å². The number of para-hydroxylation sites is 1. The molecule has 11 aromatic rings. The van der Waals surface area contributed by atoms with Crippen molar-refractivity contribution in [3.8, 4) is 44.9 Å². The molecule has 3 heterocycles. The van der Waals surface area contributed by atoms with E-state index in [1.807, 2.05) is 0 Å². The Balaban J connectivity index is 0.947. The van der Waals surface area contributed by atoms with Crippen LogP contribution in [-0.2, 0) is 5.41 Å². The molecule has 0 bridgehead atoms. The van der Waals surface area contributed by atoms with E-state index in [-0.39, 0.29) is 0 Å². The van der Waals surface area contributed by atoms with Gasteiger partial charge in [-0.3, -0.25) is 0 Å². The van der Waals surface area contributed by atoms with E-state index in [9.17, 15) is 0 Å². The summed E-state index contributed by atoms with van der Waals surface area (Å²) in [5, 5.41) is 6.85. The molecule has 0 atom stereocenters. The van der Waals surface area contributed by atoms with Crippen molar-refractivity contribution >= 4 is 54.6 Å². The maximum absolute atomic E-state index is 6.79. The van der Waals surface area contributed by atoms with Crippen molar-refractivity contribution in [2.24, 2.45) is 0 Å². The van der Waals surface area contributed by atoms with Crippen LogP contribution in [0.25, 0.3) is 88.0 Å². The highest BCUT2D eigenvalue weighted by Gasteiger charge is 2.50. The molecule has 0 radical (unpaired) electrons. The van der Waals surface area contributed by atoms with Gasteiger partial charge in [0, 0.05) is 32.7 Å². The highest BCUT2D eigenvalue weighted by atomic mass is 16.5. The van der Waals surface area contributed by atoms with Crippen molar-refractivity contribution in [3.05, 3.63) is 204 Å². The van der Waals surface area contributed by atoms with Gasteiger partial charge < -0.3 is 13.6 Å². The molecule has 0 amide bonds. The third-order valence-corrected chi connectivity index (χ3v) is 12.4. The van der Waals surface area contributed by atoms with Crippen molar-refractivity contribution in [1.29, 1.82) is 0 Å². The molecule has 260 valence electrons. The Morgan fingerprint density at radius 2 is 0.911 bits per heavy atom. The third kappa shape index (κ3) is 3.86. The van der Waals surface area contributed by atoms with Gasteiger partial charge in [0.25, 0.3) is 0 Å². The van der Waals surface area contributed by atoms with Crippen LogP contribution in [0, 0.1) is 0 Å². The summed E-state index contributed by atoms with van der Waals surface area (Å²) < 4.78 is 19.9. The minimum Gasteiger partial charge on any atom is -0.457 e. The largest absolute Gasteiger partial charge is 0.457 e. The first kappa shape index (κ1) is 30.0.